The number of carbonyl (C=O) groups excluding carboxylic acids is 1. The Morgan fingerprint density at radius 2 is 1.77 bits per heavy atom. The van der Waals surface area contributed by atoms with Gasteiger partial charge in [0.05, 0.1) is 5.56 Å². The van der Waals surface area contributed by atoms with Gasteiger partial charge in [-0.3, -0.25) is 4.79 Å². The van der Waals surface area contributed by atoms with Crippen molar-refractivity contribution < 1.29 is 18.0 Å². The molecule has 0 saturated carbocycles. The molecule has 22 heavy (non-hydrogen) atoms. The third kappa shape index (κ3) is 3.21. The van der Waals surface area contributed by atoms with Crippen LogP contribution in [0.2, 0.25) is 0 Å². The Morgan fingerprint density at radius 1 is 1.09 bits per heavy atom. The molecular weight excluding hydrogens is 293 g/mol. The van der Waals surface area contributed by atoms with Gasteiger partial charge in [-0.15, -0.1) is 0 Å². The molecule has 2 aromatic rings. The number of anilines is 1. The molecule has 6 heteroatoms. The Morgan fingerprint density at radius 3 is 2.36 bits per heavy atom. The maximum absolute atomic E-state index is 13.2. The molecule has 2 rings (SSSR count). The molecule has 0 bridgehead atoms. The number of alkyl halides is 3. The van der Waals surface area contributed by atoms with E-state index >= 15 is 0 Å². The van der Waals surface area contributed by atoms with Crippen molar-refractivity contribution in [3.63, 3.8) is 0 Å². The molecular formula is C16H15F3N2O. The molecule has 0 unspecified atom stereocenters. The zero-order chi connectivity index (χ0) is 16.5. The van der Waals surface area contributed by atoms with E-state index in [9.17, 15) is 18.0 Å². The largest absolute Gasteiger partial charge is 0.417 e. The summed E-state index contributed by atoms with van der Waals surface area (Å²) >= 11 is 0. The van der Waals surface area contributed by atoms with Gasteiger partial charge in [0.2, 0.25) is 0 Å². The predicted molar refractivity (Wildman–Crippen MR) is 79.3 cm³/mol. The first-order valence-corrected chi connectivity index (χ1v) is 6.49. The van der Waals surface area contributed by atoms with Crippen LogP contribution in [0.15, 0.2) is 42.5 Å². The van der Waals surface area contributed by atoms with Crippen LogP contribution in [0.3, 0.4) is 0 Å². The predicted octanol–water partition coefficient (Wildman–Crippen LogP) is 3.66. The van der Waals surface area contributed by atoms with E-state index in [0.29, 0.717) is 11.1 Å². The minimum atomic E-state index is -4.52. The van der Waals surface area contributed by atoms with Crippen LogP contribution < -0.4 is 5.73 Å². The average molecular weight is 308 g/mol. The fourth-order valence-electron chi connectivity index (χ4n) is 2.13. The highest BCUT2D eigenvalue weighted by Crippen LogP contribution is 2.38. The fourth-order valence-corrected chi connectivity index (χ4v) is 2.13. The molecule has 0 saturated heterocycles. The van der Waals surface area contributed by atoms with E-state index in [1.165, 1.54) is 29.2 Å². The van der Waals surface area contributed by atoms with Crippen LogP contribution in [-0.2, 0) is 6.18 Å². The molecule has 0 atom stereocenters. The Labute approximate surface area is 126 Å². The molecule has 0 aliphatic rings. The second-order valence-electron chi connectivity index (χ2n) is 5.08. The SMILES string of the molecule is CN(C)C(=O)c1cccc(-c2ccc(N)cc2C(F)(F)F)c1. The summed E-state index contributed by atoms with van der Waals surface area (Å²) in [4.78, 5) is 13.3. The lowest BCUT2D eigenvalue weighted by molar-refractivity contribution is -0.137. The molecule has 0 fully saturated rings. The van der Waals surface area contributed by atoms with Crippen molar-refractivity contribution in [1.29, 1.82) is 0 Å². The van der Waals surface area contributed by atoms with Gasteiger partial charge in [-0.05, 0) is 35.4 Å². The highest BCUT2D eigenvalue weighted by Gasteiger charge is 2.34. The second kappa shape index (κ2) is 5.71. The summed E-state index contributed by atoms with van der Waals surface area (Å²) in [5.41, 5.74) is 5.32. The number of benzene rings is 2. The Kier molecular flexibility index (Phi) is 4.12. The molecule has 1 amide bonds. The average Bonchev–Trinajstić information content (AvgIpc) is 2.45. The zero-order valence-corrected chi connectivity index (χ0v) is 12.1. The van der Waals surface area contributed by atoms with Gasteiger partial charge in [0.15, 0.2) is 0 Å². The van der Waals surface area contributed by atoms with Crippen LogP contribution in [0, 0.1) is 0 Å². The van der Waals surface area contributed by atoms with E-state index in [4.69, 9.17) is 5.73 Å². The van der Waals surface area contributed by atoms with Gasteiger partial charge in [0.1, 0.15) is 0 Å². The van der Waals surface area contributed by atoms with Gasteiger partial charge >= 0.3 is 6.18 Å². The number of nitrogens with two attached hydrogens (primary N) is 1. The van der Waals surface area contributed by atoms with Gasteiger partial charge in [-0.1, -0.05) is 18.2 Å². The molecule has 2 aromatic carbocycles. The summed E-state index contributed by atoms with van der Waals surface area (Å²) in [6.45, 7) is 0. The molecule has 0 heterocycles. The highest BCUT2D eigenvalue weighted by atomic mass is 19.4. The van der Waals surface area contributed by atoms with Crippen LogP contribution in [0.5, 0.6) is 0 Å². The highest BCUT2D eigenvalue weighted by molar-refractivity contribution is 5.95. The molecule has 3 nitrogen and oxygen atoms in total. The molecule has 0 aromatic heterocycles. The van der Waals surface area contributed by atoms with E-state index in [2.05, 4.69) is 0 Å². The van der Waals surface area contributed by atoms with Crippen molar-refractivity contribution >= 4 is 11.6 Å². The van der Waals surface area contributed by atoms with Crippen LogP contribution in [0.25, 0.3) is 11.1 Å². The maximum atomic E-state index is 13.2. The van der Waals surface area contributed by atoms with Crippen molar-refractivity contribution in [3.05, 3.63) is 53.6 Å². The number of halogens is 3. The van der Waals surface area contributed by atoms with Gasteiger partial charge < -0.3 is 10.6 Å². The van der Waals surface area contributed by atoms with E-state index in [-0.39, 0.29) is 17.2 Å². The van der Waals surface area contributed by atoms with Crippen LogP contribution in [-0.4, -0.2) is 24.9 Å². The van der Waals surface area contributed by atoms with Gasteiger partial charge in [0, 0.05) is 25.3 Å². The lowest BCUT2D eigenvalue weighted by atomic mass is 9.97. The number of rotatable bonds is 2. The number of amides is 1. The fraction of sp³-hybridized carbons (Fsp3) is 0.188. The molecule has 0 radical (unpaired) electrons. The minimum Gasteiger partial charge on any atom is -0.399 e. The smallest absolute Gasteiger partial charge is 0.399 e. The van der Waals surface area contributed by atoms with Crippen LogP contribution in [0.4, 0.5) is 18.9 Å². The van der Waals surface area contributed by atoms with Gasteiger partial charge in [0.25, 0.3) is 5.91 Å². The first-order valence-electron chi connectivity index (χ1n) is 6.49. The third-order valence-corrected chi connectivity index (χ3v) is 3.18. The summed E-state index contributed by atoms with van der Waals surface area (Å²) in [7, 11) is 3.17. The van der Waals surface area contributed by atoms with Gasteiger partial charge in [-0.2, -0.15) is 13.2 Å². The summed E-state index contributed by atoms with van der Waals surface area (Å²) in [6, 6.07) is 9.73. The van der Waals surface area contributed by atoms with Crippen molar-refractivity contribution in [1.82, 2.24) is 4.90 Å². The Bertz CT molecular complexity index is 709. The number of carbonyl (C=O) groups is 1. The zero-order valence-electron chi connectivity index (χ0n) is 12.1. The molecule has 0 aliphatic heterocycles. The first kappa shape index (κ1) is 15.9. The normalized spacial score (nSPS) is 11.3. The van der Waals surface area contributed by atoms with E-state index in [0.717, 1.165) is 6.07 Å². The maximum Gasteiger partial charge on any atom is 0.417 e. The number of hydrogen-bond donors (Lipinski definition) is 1. The number of hydrogen-bond acceptors (Lipinski definition) is 2. The molecule has 2 N–H and O–H groups in total. The quantitative estimate of drug-likeness (QED) is 0.861. The van der Waals surface area contributed by atoms with E-state index in [1.54, 1.807) is 26.2 Å². The third-order valence-electron chi connectivity index (χ3n) is 3.18. The monoisotopic (exact) mass is 308 g/mol. The van der Waals surface area contributed by atoms with E-state index < -0.39 is 11.7 Å². The molecule has 0 aliphatic carbocycles. The summed E-state index contributed by atoms with van der Waals surface area (Å²) in [6.07, 6.45) is -4.52. The first-order chi connectivity index (χ1) is 10.2. The standard InChI is InChI=1S/C16H15F3N2O/c1-21(2)15(22)11-5-3-4-10(8-11)13-7-6-12(20)9-14(13)16(17,18)19/h3-9H,20H2,1-2H3. The molecule has 116 valence electrons. The van der Waals surface area contributed by atoms with Crippen LogP contribution >= 0.6 is 0 Å². The Balaban J connectivity index is 2.58. The lowest BCUT2D eigenvalue weighted by Crippen LogP contribution is -2.21. The molecule has 0 spiro atoms. The van der Waals surface area contributed by atoms with Crippen molar-refractivity contribution in [2.75, 3.05) is 19.8 Å². The topological polar surface area (TPSA) is 46.3 Å². The second-order valence-corrected chi connectivity index (χ2v) is 5.08. The summed E-state index contributed by atoms with van der Waals surface area (Å²) < 4.78 is 39.5. The van der Waals surface area contributed by atoms with Crippen molar-refractivity contribution in [2.45, 2.75) is 6.18 Å². The van der Waals surface area contributed by atoms with Crippen LogP contribution in [0.1, 0.15) is 15.9 Å². The number of nitrogen functional groups attached to an aromatic ring is 1. The van der Waals surface area contributed by atoms with Gasteiger partial charge in [-0.25, -0.2) is 0 Å². The van der Waals surface area contributed by atoms with Crippen molar-refractivity contribution in [3.8, 4) is 11.1 Å². The summed E-state index contributed by atoms with van der Waals surface area (Å²) in [5, 5.41) is 0. The minimum absolute atomic E-state index is 0.00453. The Hall–Kier alpha value is -2.50. The lowest BCUT2D eigenvalue weighted by Gasteiger charge is -2.15. The van der Waals surface area contributed by atoms with E-state index in [1.807, 2.05) is 0 Å². The summed E-state index contributed by atoms with van der Waals surface area (Å²) in [5.74, 6) is -0.272. The number of nitrogens with zero attached hydrogens (tertiary/aromatic N) is 1. The van der Waals surface area contributed by atoms with Crippen molar-refractivity contribution in [2.24, 2.45) is 0 Å².